The third-order valence-electron chi connectivity index (χ3n) is 3.00. The molecule has 1 N–H and O–H groups in total. The first kappa shape index (κ1) is 13.2. The van der Waals surface area contributed by atoms with Crippen molar-refractivity contribution in [2.45, 2.75) is 32.2 Å². The molecule has 0 fully saturated rings. The molecule has 1 aromatic carbocycles. The molecule has 0 saturated heterocycles. The Kier molecular flexibility index (Phi) is 6.12. The molecule has 1 aromatic rings. The summed E-state index contributed by atoms with van der Waals surface area (Å²) >= 11 is 0. The van der Waals surface area contributed by atoms with Crippen molar-refractivity contribution in [1.82, 2.24) is 4.90 Å². The van der Waals surface area contributed by atoms with Crippen LogP contribution in [0.4, 0.5) is 0 Å². The van der Waals surface area contributed by atoms with E-state index in [-0.39, 0.29) is 6.61 Å². The number of nitrogens with zero attached hydrogens (tertiary/aromatic N) is 1. The summed E-state index contributed by atoms with van der Waals surface area (Å²) in [6.45, 7) is 3.18. The maximum atomic E-state index is 9.02. The fourth-order valence-corrected chi connectivity index (χ4v) is 2.03. The van der Waals surface area contributed by atoms with Gasteiger partial charge in [0.15, 0.2) is 0 Å². The van der Waals surface area contributed by atoms with Gasteiger partial charge in [0.25, 0.3) is 0 Å². The van der Waals surface area contributed by atoms with Crippen LogP contribution in [0, 0.1) is 0 Å². The maximum Gasteiger partial charge on any atom is 0.0558 e. The number of rotatable bonds is 7. The zero-order valence-electron chi connectivity index (χ0n) is 10.4. The summed E-state index contributed by atoms with van der Waals surface area (Å²) in [4.78, 5) is 2.24. The highest BCUT2D eigenvalue weighted by Gasteiger charge is 2.15. The van der Waals surface area contributed by atoms with E-state index < -0.39 is 0 Å². The van der Waals surface area contributed by atoms with Gasteiger partial charge in [-0.25, -0.2) is 0 Å². The average Bonchev–Trinajstić information content (AvgIpc) is 2.31. The summed E-state index contributed by atoms with van der Waals surface area (Å²) in [6.07, 6.45) is 3.61. The number of hydrogen-bond acceptors (Lipinski definition) is 2. The van der Waals surface area contributed by atoms with Gasteiger partial charge in [-0.1, -0.05) is 50.1 Å². The van der Waals surface area contributed by atoms with Gasteiger partial charge in [0.05, 0.1) is 6.61 Å². The number of aliphatic hydroxyl groups is 1. The Morgan fingerprint density at radius 1 is 1.25 bits per heavy atom. The second-order valence-electron chi connectivity index (χ2n) is 4.27. The number of benzene rings is 1. The molecule has 0 aliphatic heterocycles. The van der Waals surface area contributed by atoms with Gasteiger partial charge in [-0.05, 0) is 19.0 Å². The van der Waals surface area contributed by atoms with Gasteiger partial charge in [-0.15, -0.1) is 0 Å². The lowest BCUT2D eigenvalue weighted by Gasteiger charge is -2.28. The molecular formula is C14H23NO. The van der Waals surface area contributed by atoms with E-state index in [4.69, 9.17) is 5.11 Å². The smallest absolute Gasteiger partial charge is 0.0558 e. The van der Waals surface area contributed by atoms with E-state index in [2.05, 4.69) is 43.1 Å². The molecule has 1 rings (SSSR count). The molecule has 0 heterocycles. The number of hydrogen-bond donors (Lipinski definition) is 1. The zero-order valence-corrected chi connectivity index (χ0v) is 10.4. The normalized spacial score (nSPS) is 13.0. The first-order valence-electron chi connectivity index (χ1n) is 6.15. The molecule has 0 radical (unpaired) electrons. The van der Waals surface area contributed by atoms with E-state index in [1.165, 1.54) is 18.4 Å². The molecule has 0 spiro atoms. The van der Waals surface area contributed by atoms with Gasteiger partial charge in [0.2, 0.25) is 0 Å². The van der Waals surface area contributed by atoms with Crippen LogP contribution in [-0.2, 0) is 0 Å². The van der Waals surface area contributed by atoms with E-state index in [9.17, 15) is 0 Å². The van der Waals surface area contributed by atoms with Crippen LogP contribution >= 0.6 is 0 Å². The SMILES string of the molecule is CCCCC(c1ccccc1)N(C)CCO. The van der Waals surface area contributed by atoms with E-state index in [1.807, 2.05) is 6.07 Å². The summed E-state index contributed by atoms with van der Waals surface area (Å²) in [6, 6.07) is 11.0. The molecule has 2 nitrogen and oxygen atoms in total. The van der Waals surface area contributed by atoms with Crippen LogP contribution in [0.5, 0.6) is 0 Å². The second-order valence-corrected chi connectivity index (χ2v) is 4.27. The van der Waals surface area contributed by atoms with E-state index in [0.717, 1.165) is 13.0 Å². The first-order valence-corrected chi connectivity index (χ1v) is 6.15. The van der Waals surface area contributed by atoms with Crippen LogP contribution < -0.4 is 0 Å². The molecule has 1 atom stereocenters. The van der Waals surface area contributed by atoms with E-state index in [0.29, 0.717) is 6.04 Å². The highest BCUT2D eigenvalue weighted by molar-refractivity contribution is 5.18. The standard InChI is InChI=1S/C14H23NO/c1-3-4-10-14(15(2)11-12-16)13-8-6-5-7-9-13/h5-9,14,16H,3-4,10-12H2,1-2H3. The Balaban J connectivity index is 2.70. The maximum absolute atomic E-state index is 9.02. The Bertz CT molecular complexity index is 273. The fourth-order valence-electron chi connectivity index (χ4n) is 2.03. The monoisotopic (exact) mass is 221 g/mol. The average molecular weight is 221 g/mol. The lowest BCUT2D eigenvalue weighted by Crippen LogP contribution is -2.27. The molecule has 90 valence electrons. The summed E-state index contributed by atoms with van der Waals surface area (Å²) in [5.41, 5.74) is 1.35. The highest BCUT2D eigenvalue weighted by Crippen LogP contribution is 2.24. The lowest BCUT2D eigenvalue weighted by molar-refractivity contribution is 0.172. The van der Waals surface area contributed by atoms with Crippen molar-refractivity contribution in [2.75, 3.05) is 20.2 Å². The van der Waals surface area contributed by atoms with Crippen molar-refractivity contribution >= 4 is 0 Å². The number of aliphatic hydroxyl groups excluding tert-OH is 1. The Hall–Kier alpha value is -0.860. The molecule has 0 saturated carbocycles. The van der Waals surface area contributed by atoms with E-state index >= 15 is 0 Å². The van der Waals surface area contributed by atoms with Gasteiger partial charge >= 0.3 is 0 Å². The van der Waals surface area contributed by atoms with Gasteiger partial charge in [-0.3, -0.25) is 4.90 Å². The van der Waals surface area contributed by atoms with Crippen molar-refractivity contribution < 1.29 is 5.11 Å². The third kappa shape index (κ3) is 3.95. The molecule has 0 bridgehead atoms. The third-order valence-corrected chi connectivity index (χ3v) is 3.00. The number of unbranched alkanes of at least 4 members (excludes halogenated alkanes) is 1. The van der Waals surface area contributed by atoms with Crippen molar-refractivity contribution in [3.63, 3.8) is 0 Å². The summed E-state index contributed by atoms with van der Waals surface area (Å²) in [5.74, 6) is 0. The summed E-state index contributed by atoms with van der Waals surface area (Å²) in [5, 5.41) is 9.02. The Labute approximate surface area is 98.9 Å². The van der Waals surface area contributed by atoms with Crippen LogP contribution in [0.3, 0.4) is 0 Å². The van der Waals surface area contributed by atoms with Gasteiger partial charge in [0.1, 0.15) is 0 Å². The Morgan fingerprint density at radius 2 is 1.94 bits per heavy atom. The minimum Gasteiger partial charge on any atom is -0.395 e. The molecule has 1 unspecified atom stereocenters. The summed E-state index contributed by atoms with van der Waals surface area (Å²) in [7, 11) is 2.09. The topological polar surface area (TPSA) is 23.5 Å². The predicted octanol–water partition coefficient (Wildman–Crippen LogP) is 2.84. The van der Waals surface area contributed by atoms with Crippen molar-refractivity contribution in [3.8, 4) is 0 Å². The highest BCUT2D eigenvalue weighted by atomic mass is 16.3. The van der Waals surface area contributed by atoms with Crippen LogP contribution in [-0.4, -0.2) is 30.2 Å². The van der Waals surface area contributed by atoms with Gasteiger partial charge < -0.3 is 5.11 Å². The zero-order chi connectivity index (χ0) is 11.8. The molecule has 0 amide bonds. The minimum absolute atomic E-state index is 0.228. The van der Waals surface area contributed by atoms with E-state index in [1.54, 1.807) is 0 Å². The largest absolute Gasteiger partial charge is 0.395 e. The van der Waals surface area contributed by atoms with Crippen molar-refractivity contribution in [1.29, 1.82) is 0 Å². The van der Waals surface area contributed by atoms with Crippen LogP contribution in [0.15, 0.2) is 30.3 Å². The van der Waals surface area contributed by atoms with Crippen LogP contribution in [0.1, 0.15) is 37.8 Å². The first-order chi connectivity index (χ1) is 7.79. The number of likely N-dealkylation sites (N-methyl/N-ethyl adjacent to an activating group) is 1. The fraction of sp³-hybridized carbons (Fsp3) is 0.571. The summed E-state index contributed by atoms with van der Waals surface area (Å²) < 4.78 is 0. The quantitative estimate of drug-likeness (QED) is 0.765. The second kappa shape index (κ2) is 7.42. The molecule has 2 heteroatoms. The Morgan fingerprint density at radius 3 is 2.50 bits per heavy atom. The lowest BCUT2D eigenvalue weighted by atomic mass is 10.00. The van der Waals surface area contributed by atoms with Crippen LogP contribution in [0.25, 0.3) is 0 Å². The predicted molar refractivity (Wildman–Crippen MR) is 68.4 cm³/mol. The minimum atomic E-state index is 0.228. The molecule has 0 aliphatic rings. The van der Waals surface area contributed by atoms with Gasteiger partial charge in [-0.2, -0.15) is 0 Å². The molecular weight excluding hydrogens is 198 g/mol. The molecule has 0 aliphatic carbocycles. The van der Waals surface area contributed by atoms with Crippen molar-refractivity contribution in [2.24, 2.45) is 0 Å². The van der Waals surface area contributed by atoms with Crippen LogP contribution in [0.2, 0.25) is 0 Å². The molecule has 0 aromatic heterocycles. The van der Waals surface area contributed by atoms with Gasteiger partial charge in [0, 0.05) is 12.6 Å². The van der Waals surface area contributed by atoms with Crippen molar-refractivity contribution in [3.05, 3.63) is 35.9 Å². The molecule has 16 heavy (non-hydrogen) atoms.